The summed E-state index contributed by atoms with van der Waals surface area (Å²) in [4.78, 5) is 3.93. The fraction of sp³-hybridized carbons (Fsp3) is 0.286. The minimum Gasteiger partial charge on any atom is -0.368 e. The third-order valence-corrected chi connectivity index (χ3v) is 1.87. The highest BCUT2D eigenvalue weighted by Gasteiger charge is 2.08. The van der Waals surface area contributed by atoms with Crippen LogP contribution in [0.5, 0.6) is 0 Å². The van der Waals surface area contributed by atoms with Crippen molar-refractivity contribution in [2.45, 2.75) is 13.0 Å². The molecule has 0 saturated carbocycles. The van der Waals surface area contributed by atoms with Gasteiger partial charge >= 0.3 is 0 Å². The van der Waals surface area contributed by atoms with Gasteiger partial charge in [-0.25, -0.2) is 5.10 Å². The Morgan fingerprint density at radius 2 is 2.43 bits per heavy atom. The molecule has 0 amide bonds. The van der Waals surface area contributed by atoms with Gasteiger partial charge in [-0.15, -0.1) is 5.10 Å². The zero-order valence-corrected chi connectivity index (χ0v) is 7.65. The molecule has 7 heteroatoms. The Labute approximate surface area is 80.1 Å². The summed E-state index contributed by atoms with van der Waals surface area (Å²) in [6.45, 7) is 1.98. The van der Waals surface area contributed by atoms with Crippen molar-refractivity contribution in [3.05, 3.63) is 18.0 Å². The fourth-order valence-corrected chi connectivity index (χ4v) is 1.11. The van der Waals surface area contributed by atoms with Gasteiger partial charge in [-0.2, -0.15) is 10.1 Å². The first-order chi connectivity index (χ1) is 6.75. The summed E-state index contributed by atoms with van der Waals surface area (Å²) in [5.41, 5.74) is 6.42. The van der Waals surface area contributed by atoms with Crippen molar-refractivity contribution in [1.82, 2.24) is 25.4 Å². The summed E-state index contributed by atoms with van der Waals surface area (Å²) >= 11 is 0. The van der Waals surface area contributed by atoms with Gasteiger partial charge in [-0.1, -0.05) is 0 Å². The van der Waals surface area contributed by atoms with E-state index in [1.807, 2.05) is 13.1 Å². The molecule has 1 unspecified atom stereocenters. The zero-order chi connectivity index (χ0) is 9.97. The van der Waals surface area contributed by atoms with Gasteiger partial charge in [-0.05, 0) is 6.92 Å². The van der Waals surface area contributed by atoms with Gasteiger partial charge in [0.1, 0.15) is 0 Å². The number of aromatic nitrogens is 5. The highest BCUT2D eigenvalue weighted by atomic mass is 15.3. The first-order valence-electron chi connectivity index (χ1n) is 4.19. The van der Waals surface area contributed by atoms with Gasteiger partial charge in [0.15, 0.2) is 0 Å². The summed E-state index contributed by atoms with van der Waals surface area (Å²) in [5.74, 6) is 0.781. The van der Waals surface area contributed by atoms with E-state index in [0.717, 1.165) is 5.56 Å². The minimum absolute atomic E-state index is 0.0870. The molecule has 0 aliphatic carbocycles. The van der Waals surface area contributed by atoms with E-state index in [9.17, 15) is 0 Å². The van der Waals surface area contributed by atoms with Gasteiger partial charge in [0, 0.05) is 11.8 Å². The van der Waals surface area contributed by atoms with E-state index in [1.165, 1.54) is 0 Å². The predicted octanol–water partition coefficient (Wildman–Crippen LogP) is 0.283. The largest absolute Gasteiger partial charge is 0.368 e. The van der Waals surface area contributed by atoms with Crippen molar-refractivity contribution < 1.29 is 0 Å². The number of H-pyrrole nitrogens is 2. The van der Waals surface area contributed by atoms with Crippen molar-refractivity contribution in [3.8, 4) is 0 Å². The Bertz CT molecular complexity index is 390. The maximum Gasteiger partial charge on any atom is 0.244 e. The molecule has 0 radical (unpaired) electrons. The number of rotatable bonds is 3. The van der Waals surface area contributed by atoms with Crippen LogP contribution in [-0.2, 0) is 0 Å². The lowest BCUT2D eigenvalue weighted by Gasteiger charge is -2.08. The Morgan fingerprint density at radius 3 is 3.00 bits per heavy atom. The number of nitrogens with two attached hydrogens (primary N) is 1. The quantitative estimate of drug-likeness (QED) is 0.560. The van der Waals surface area contributed by atoms with Crippen LogP contribution < -0.4 is 11.1 Å². The molecule has 2 aromatic heterocycles. The van der Waals surface area contributed by atoms with Crippen molar-refractivity contribution in [2.75, 3.05) is 11.1 Å². The van der Waals surface area contributed by atoms with Crippen LogP contribution in [0.25, 0.3) is 0 Å². The molecule has 0 bridgehead atoms. The second kappa shape index (κ2) is 3.36. The number of hydrogen-bond donors (Lipinski definition) is 4. The molecule has 0 spiro atoms. The van der Waals surface area contributed by atoms with E-state index in [2.05, 4.69) is 30.7 Å². The molecule has 0 fully saturated rings. The zero-order valence-electron chi connectivity index (χ0n) is 7.65. The van der Waals surface area contributed by atoms with Crippen LogP contribution in [0, 0.1) is 0 Å². The average Bonchev–Trinajstić information content (AvgIpc) is 2.75. The van der Waals surface area contributed by atoms with Crippen LogP contribution in [0.3, 0.4) is 0 Å². The van der Waals surface area contributed by atoms with Gasteiger partial charge < -0.3 is 11.1 Å². The van der Waals surface area contributed by atoms with E-state index < -0.39 is 0 Å². The Morgan fingerprint density at radius 1 is 1.57 bits per heavy atom. The molecule has 74 valence electrons. The van der Waals surface area contributed by atoms with E-state index in [-0.39, 0.29) is 6.04 Å². The Kier molecular flexibility index (Phi) is 2.05. The molecule has 0 saturated heterocycles. The van der Waals surface area contributed by atoms with Gasteiger partial charge in [0.05, 0.1) is 12.2 Å². The lowest BCUT2D eigenvalue weighted by atomic mass is 10.2. The highest BCUT2D eigenvalue weighted by molar-refractivity contribution is 5.33. The molecule has 2 aromatic rings. The molecule has 14 heavy (non-hydrogen) atoms. The standard InChI is InChI=1S/C7H11N7/c1-4(5-2-9-10-3-5)11-7-12-6(8)13-14-7/h2-4H,1H3,(H,9,10)(H4,8,11,12,13,14). The maximum atomic E-state index is 5.39. The SMILES string of the molecule is CC(Nc1n[nH]c(N)n1)c1cn[nH]c1. The number of anilines is 2. The lowest BCUT2D eigenvalue weighted by Crippen LogP contribution is -2.06. The molecule has 1 atom stereocenters. The van der Waals surface area contributed by atoms with Crippen molar-refractivity contribution in [3.63, 3.8) is 0 Å². The van der Waals surface area contributed by atoms with Crippen LogP contribution in [-0.4, -0.2) is 25.4 Å². The highest BCUT2D eigenvalue weighted by Crippen LogP contribution is 2.14. The summed E-state index contributed by atoms with van der Waals surface area (Å²) in [7, 11) is 0. The van der Waals surface area contributed by atoms with Crippen LogP contribution >= 0.6 is 0 Å². The summed E-state index contributed by atoms with van der Waals surface area (Å²) in [6, 6.07) is 0.0870. The topological polar surface area (TPSA) is 108 Å². The lowest BCUT2D eigenvalue weighted by molar-refractivity contribution is 0.863. The van der Waals surface area contributed by atoms with Crippen LogP contribution in [0.1, 0.15) is 18.5 Å². The average molecular weight is 193 g/mol. The van der Waals surface area contributed by atoms with Crippen LogP contribution in [0.15, 0.2) is 12.4 Å². The van der Waals surface area contributed by atoms with Gasteiger partial charge in [-0.3, -0.25) is 5.10 Å². The first kappa shape index (κ1) is 8.54. The Hall–Kier alpha value is -2.05. The second-order valence-electron chi connectivity index (χ2n) is 2.94. The molecule has 2 rings (SSSR count). The molecule has 0 aliphatic heterocycles. The van der Waals surface area contributed by atoms with E-state index >= 15 is 0 Å². The predicted molar refractivity (Wildman–Crippen MR) is 51.4 cm³/mol. The van der Waals surface area contributed by atoms with Crippen LogP contribution in [0.2, 0.25) is 0 Å². The molecule has 0 aromatic carbocycles. The monoisotopic (exact) mass is 193 g/mol. The normalized spacial score (nSPS) is 12.6. The third-order valence-electron chi connectivity index (χ3n) is 1.87. The van der Waals surface area contributed by atoms with E-state index in [0.29, 0.717) is 11.9 Å². The van der Waals surface area contributed by atoms with Gasteiger partial charge in [0.25, 0.3) is 0 Å². The molecular weight excluding hydrogens is 182 g/mol. The Balaban J connectivity index is 2.05. The number of aromatic amines is 2. The number of nitrogens with one attached hydrogen (secondary N) is 3. The number of hydrogen-bond acceptors (Lipinski definition) is 5. The van der Waals surface area contributed by atoms with Crippen molar-refractivity contribution in [1.29, 1.82) is 0 Å². The first-order valence-corrected chi connectivity index (χ1v) is 4.19. The van der Waals surface area contributed by atoms with Gasteiger partial charge in [0.2, 0.25) is 11.9 Å². The van der Waals surface area contributed by atoms with Crippen LogP contribution in [0.4, 0.5) is 11.9 Å². The summed E-state index contributed by atoms with van der Waals surface area (Å²) < 4.78 is 0. The molecule has 7 nitrogen and oxygen atoms in total. The molecule has 5 N–H and O–H groups in total. The molecule has 0 aliphatic rings. The summed E-state index contributed by atoms with van der Waals surface area (Å²) in [6.07, 6.45) is 3.56. The van der Waals surface area contributed by atoms with Crippen molar-refractivity contribution >= 4 is 11.9 Å². The smallest absolute Gasteiger partial charge is 0.244 e. The van der Waals surface area contributed by atoms with E-state index in [4.69, 9.17) is 5.73 Å². The van der Waals surface area contributed by atoms with E-state index in [1.54, 1.807) is 6.20 Å². The summed E-state index contributed by atoms with van der Waals surface area (Å²) in [5, 5.41) is 16.1. The third kappa shape index (κ3) is 1.65. The number of nitrogens with zero attached hydrogens (tertiary/aromatic N) is 3. The molecular formula is C7H11N7. The second-order valence-corrected chi connectivity index (χ2v) is 2.94. The van der Waals surface area contributed by atoms with Crippen molar-refractivity contribution in [2.24, 2.45) is 0 Å². The maximum absolute atomic E-state index is 5.39. The minimum atomic E-state index is 0.0870. The molecule has 2 heterocycles. The number of nitrogen functional groups attached to an aromatic ring is 1. The fourth-order valence-electron chi connectivity index (χ4n) is 1.11.